The van der Waals surface area contributed by atoms with Crippen LogP contribution in [-0.2, 0) is 12.6 Å². The van der Waals surface area contributed by atoms with Crippen LogP contribution in [0.25, 0.3) is 22.5 Å². The van der Waals surface area contributed by atoms with Crippen LogP contribution in [-0.4, -0.2) is 10.9 Å². The standard InChI is InChI=1S/C25H14F3NO4/c1-2-12-3-4-15(32-14-5-6-17(25(26,27)28)13(9-14)11-29)10-16(12)20-23(30)21-18-7-8-19(33-18)22(21)24(20)31/h3-10,30H,2H2,1H3. The normalized spacial score (nSPS) is 13.6. The number of halogens is 3. The average Bonchev–Trinajstić information content (AvgIpc) is 3.46. The van der Waals surface area contributed by atoms with E-state index >= 15 is 0 Å². The minimum atomic E-state index is -4.66. The molecule has 0 unspecified atom stereocenters. The number of furan rings is 2. The van der Waals surface area contributed by atoms with Crippen molar-refractivity contribution < 1.29 is 32.2 Å². The van der Waals surface area contributed by atoms with Gasteiger partial charge in [0.25, 0.3) is 0 Å². The Morgan fingerprint density at radius 3 is 2.33 bits per heavy atom. The van der Waals surface area contributed by atoms with E-state index in [1.54, 1.807) is 30.3 Å². The first-order valence-electron chi connectivity index (χ1n) is 9.98. The Balaban J connectivity index is 1.55. The van der Waals surface area contributed by atoms with Crippen molar-refractivity contribution in [2.24, 2.45) is 0 Å². The maximum absolute atomic E-state index is 13.1. The monoisotopic (exact) mass is 449 g/mol. The number of allylic oxidation sites excluding steroid dienone is 1. The Morgan fingerprint density at radius 1 is 1.03 bits per heavy atom. The molecule has 5 rings (SSSR count). The number of aliphatic hydroxyl groups is 1. The number of ketones is 1. The maximum Gasteiger partial charge on any atom is 0.417 e. The van der Waals surface area contributed by atoms with E-state index in [9.17, 15) is 23.1 Å². The summed E-state index contributed by atoms with van der Waals surface area (Å²) in [6.07, 6.45) is -4.10. The zero-order chi connectivity index (χ0) is 23.5. The maximum atomic E-state index is 13.1. The van der Waals surface area contributed by atoms with Gasteiger partial charge >= 0.3 is 6.18 Å². The molecule has 164 valence electrons. The van der Waals surface area contributed by atoms with Crippen LogP contribution in [0.1, 0.15) is 45.1 Å². The van der Waals surface area contributed by atoms with E-state index in [2.05, 4.69) is 0 Å². The summed E-state index contributed by atoms with van der Waals surface area (Å²) in [4.78, 5) is 13.1. The quantitative estimate of drug-likeness (QED) is 0.373. The van der Waals surface area contributed by atoms with Crippen LogP contribution in [0.15, 0.2) is 52.9 Å². The van der Waals surface area contributed by atoms with E-state index in [1.165, 1.54) is 6.07 Å². The SMILES string of the molecule is CCc1ccc(Oc2ccc(C(F)(F)F)c(C#N)c2)cc1C1=C(O)c2c(c3ccc2o3)C1=O. The third-order valence-electron chi connectivity index (χ3n) is 5.66. The lowest BCUT2D eigenvalue weighted by Crippen LogP contribution is -2.07. The molecule has 0 spiro atoms. The molecule has 8 heteroatoms. The highest BCUT2D eigenvalue weighted by atomic mass is 19.4. The molecule has 0 atom stereocenters. The minimum Gasteiger partial charge on any atom is -0.506 e. The average molecular weight is 449 g/mol. The zero-order valence-corrected chi connectivity index (χ0v) is 17.1. The first-order valence-corrected chi connectivity index (χ1v) is 9.98. The molecule has 0 fully saturated rings. The predicted molar refractivity (Wildman–Crippen MR) is 113 cm³/mol. The van der Waals surface area contributed by atoms with Gasteiger partial charge in [0.15, 0.2) is 0 Å². The van der Waals surface area contributed by atoms with E-state index in [-0.39, 0.29) is 28.6 Å². The van der Waals surface area contributed by atoms with Gasteiger partial charge in [-0.15, -0.1) is 0 Å². The van der Waals surface area contributed by atoms with Gasteiger partial charge in [-0.05, 0) is 60.0 Å². The van der Waals surface area contributed by atoms with E-state index in [0.29, 0.717) is 34.3 Å². The van der Waals surface area contributed by atoms with Gasteiger partial charge in [-0.25, -0.2) is 0 Å². The molecule has 1 N–H and O–H groups in total. The first kappa shape index (κ1) is 20.6. The van der Waals surface area contributed by atoms with Gasteiger partial charge in [0.05, 0.1) is 33.9 Å². The number of aryl methyl sites for hydroxylation is 1. The fourth-order valence-corrected chi connectivity index (χ4v) is 4.14. The van der Waals surface area contributed by atoms with Crippen LogP contribution < -0.4 is 4.74 Å². The minimum absolute atomic E-state index is 0.0353. The number of Topliss-reactive ketones (excluding diaryl/α,β-unsaturated/α-hetero) is 1. The van der Waals surface area contributed by atoms with Gasteiger partial charge in [-0.1, -0.05) is 13.0 Å². The second kappa shape index (κ2) is 7.14. The third kappa shape index (κ3) is 3.12. The van der Waals surface area contributed by atoms with Gasteiger partial charge in [0.2, 0.25) is 5.78 Å². The number of hydrogen-bond donors (Lipinski definition) is 1. The Kier molecular flexibility index (Phi) is 4.46. The van der Waals surface area contributed by atoms with Crippen LogP contribution in [0.5, 0.6) is 11.5 Å². The fourth-order valence-electron chi connectivity index (χ4n) is 4.14. The van der Waals surface area contributed by atoms with E-state index < -0.39 is 17.3 Å². The highest BCUT2D eigenvalue weighted by molar-refractivity contribution is 6.42. The Morgan fingerprint density at radius 2 is 1.70 bits per heavy atom. The number of alkyl halides is 3. The Bertz CT molecular complexity index is 1500. The molecule has 1 aliphatic rings. The number of hydrogen-bond acceptors (Lipinski definition) is 5. The molecule has 0 saturated carbocycles. The van der Waals surface area contributed by atoms with Crippen LogP contribution in [0.4, 0.5) is 13.2 Å². The zero-order valence-electron chi connectivity index (χ0n) is 17.1. The van der Waals surface area contributed by atoms with Crippen molar-refractivity contribution in [3.05, 3.63) is 81.9 Å². The summed E-state index contributed by atoms with van der Waals surface area (Å²) in [6.45, 7) is 1.89. The Labute approximate surface area is 185 Å². The molecule has 2 aromatic heterocycles. The molecule has 0 radical (unpaired) electrons. The third-order valence-corrected chi connectivity index (χ3v) is 5.66. The highest BCUT2D eigenvalue weighted by Crippen LogP contribution is 2.45. The van der Waals surface area contributed by atoms with Gasteiger partial charge in [-0.3, -0.25) is 4.79 Å². The summed E-state index contributed by atoms with van der Waals surface area (Å²) in [7, 11) is 0. The molecule has 33 heavy (non-hydrogen) atoms. The van der Waals surface area contributed by atoms with Gasteiger partial charge in [-0.2, -0.15) is 18.4 Å². The van der Waals surface area contributed by atoms with E-state index in [1.807, 2.05) is 6.92 Å². The summed E-state index contributed by atoms with van der Waals surface area (Å²) in [5, 5.41) is 20.0. The van der Waals surface area contributed by atoms with Gasteiger partial charge in [0.1, 0.15) is 28.4 Å². The second-order valence-electron chi connectivity index (χ2n) is 7.56. The van der Waals surface area contributed by atoms with Crippen molar-refractivity contribution in [1.82, 2.24) is 0 Å². The van der Waals surface area contributed by atoms with E-state index in [4.69, 9.17) is 14.4 Å². The lowest BCUT2D eigenvalue weighted by atomic mass is 9.95. The number of nitriles is 1. The Hall–Kier alpha value is -4.25. The summed E-state index contributed by atoms with van der Waals surface area (Å²) in [5.41, 5.74) is 1.23. The smallest absolute Gasteiger partial charge is 0.417 e. The molecule has 0 amide bonds. The van der Waals surface area contributed by atoms with Gasteiger partial charge < -0.3 is 14.3 Å². The molecule has 2 aromatic carbocycles. The lowest BCUT2D eigenvalue weighted by Gasteiger charge is -2.14. The van der Waals surface area contributed by atoms with Crippen LogP contribution in [0.3, 0.4) is 0 Å². The predicted octanol–water partition coefficient (Wildman–Crippen LogP) is 6.74. The number of ether oxygens (including phenoxy) is 1. The molecule has 2 heterocycles. The fraction of sp³-hybridized carbons (Fsp3) is 0.120. The molecule has 0 saturated heterocycles. The number of carbonyl (C=O) groups is 1. The van der Waals surface area contributed by atoms with Crippen LogP contribution in [0.2, 0.25) is 0 Å². The van der Waals surface area contributed by atoms with Crippen molar-refractivity contribution in [3.8, 4) is 17.6 Å². The molecule has 0 aliphatic heterocycles. The molecule has 2 bridgehead atoms. The summed E-state index contributed by atoms with van der Waals surface area (Å²) in [5.74, 6) is -0.278. The largest absolute Gasteiger partial charge is 0.506 e. The first-order chi connectivity index (χ1) is 15.7. The van der Waals surface area contributed by atoms with Gasteiger partial charge in [0, 0.05) is 0 Å². The van der Waals surface area contributed by atoms with E-state index in [0.717, 1.165) is 23.8 Å². The molecular formula is C25H14F3NO4. The van der Waals surface area contributed by atoms with Crippen molar-refractivity contribution >= 4 is 28.3 Å². The van der Waals surface area contributed by atoms with Crippen molar-refractivity contribution in [2.45, 2.75) is 19.5 Å². The summed E-state index contributed by atoms with van der Waals surface area (Å²) < 4.78 is 50.4. The topological polar surface area (TPSA) is 83.5 Å². The van der Waals surface area contributed by atoms with Crippen molar-refractivity contribution in [2.75, 3.05) is 0 Å². The van der Waals surface area contributed by atoms with Crippen molar-refractivity contribution in [3.63, 3.8) is 0 Å². The van der Waals surface area contributed by atoms with Crippen LogP contribution in [0, 0.1) is 11.3 Å². The number of carbonyl (C=O) groups excluding carboxylic acids is 1. The number of nitrogens with zero attached hydrogens (tertiary/aromatic N) is 1. The lowest BCUT2D eigenvalue weighted by molar-refractivity contribution is -0.137. The molecular weight excluding hydrogens is 435 g/mol. The number of rotatable bonds is 4. The number of aliphatic hydroxyl groups excluding tert-OH is 1. The van der Waals surface area contributed by atoms with Crippen molar-refractivity contribution in [1.29, 1.82) is 5.26 Å². The molecule has 5 nitrogen and oxygen atoms in total. The second-order valence-corrected chi connectivity index (χ2v) is 7.56. The highest BCUT2D eigenvalue weighted by Gasteiger charge is 2.38. The summed E-state index contributed by atoms with van der Waals surface area (Å²) in [6, 6.07) is 12.7. The summed E-state index contributed by atoms with van der Waals surface area (Å²) >= 11 is 0. The van der Waals surface area contributed by atoms with Crippen LogP contribution >= 0.6 is 0 Å². The number of fused-ring (bicyclic) bond motifs is 5. The number of benzene rings is 3. The molecule has 1 aliphatic carbocycles. The molecule has 4 aromatic rings.